The van der Waals surface area contributed by atoms with Crippen LogP contribution in [0.2, 0.25) is 0 Å². The van der Waals surface area contributed by atoms with Gasteiger partial charge in [-0.15, -0.1) is 0 Å². The lowest BCUT2D eigenvalue weighted by molar-refractivity contribution is 0.0908. The number of nitrogens with zero attached hydrogens (tertiary/aromatic N) is 3. The van der Waals surface area contributed by atoms with Crippen molar-refractivity contribution in [2.75, 3.05) is 13.1 Å². The molecule has 1 N–H and O–H groups in total. The first-order valence-corrected chi connectivity index (χ1v) is 9.70. The zero-order chi connectivity index (χ0) is 19.2. The summed E-state index contributed by atoms with van der Waals surface area (Å²) in [7, 11) is 0. The van der Waals surface area contributed by atoms with Crippen molar-refractivity contribution in [1.29, 1.82) is 0 Å². The van der Waals surface area contributed by atoms with Crippen LogP contribution in [0.3, 0.4) is 0 Å². The Balaban J connectivity index is 1.32. The van der Waals surface area contributed by atoms with Crippen molar-refractivity contribution in [3.05, 3.63) is 84.4 Å². The Morgan fingerprint density at radius 2 is 1.75 bits per heavy atom. The Labute approximate surface area is 165 Å². The van der Waals surface area contributed by atoms with Gasteiger partial charge in [0.1, 0.15) is 0 Å². The van der Waals surface area contributed by atoms with Gasteiger partial charge in [-0.2, -0.15) is 0 Å². The second-order valence-corrected chi connectivity index (χ2v) is 7.21. The molecule has 28 heavy (non-hydrogen) atoms. The minimum absolute atomic E-state index is 0.0558. The average molecular weight is 372 g/mol. The standard InChI is InChI=1S/C23H24N4O/c28-23(21-13-20(15-25-16-21)19-7-4-10-24-14-19)26-22-8-11-27(12-9-22)17-18-5-2-1-3-6-18/h1-7,10,13-16,22H,8-9,11-12,17H2,(H,26,28). The third-order valence-electron chi connectivity index (χ3n) is 5.17. The zero-order valence-corrected chi connectivity index (χ0v) is 15.8. The Hall–Kier alpha value is -3.05. The highest BCUT2D eigenvalue weighted by Gasteiger charge is 2.21. The average Bonchev–Trinajstić information content (AvgIpc) is 2.76. The number of carbonyl (C=O) groups excluding carboxylic acids is 1. The minimum Gasteiger partial charge on any atom is -0.349 e. The lowest BCUT2D eigenvalue weighted by Gasteiger charge is -2.32. The smallest absolute Gasteiger partial charge is 0.253 e. The van der Waals surface area contributed by atoms with Gasteiger partial charge in [-0.3, -0.25) is 19.7 Å². The third kappa shape index (κ3) is 4.61. The largest absolute Gasteiger partial charge is 0.349 e. The van der Waals surface area contributed by atoms with Crippen molar-refractivity contribution in [3.8, 4) is 11.1 Å². The molecule has 142 valence electrons. The highest BCUT2D eigenvalue weighted by Crippen LogP contribution is 2.19. The van der Waals surface area contributed by atoms with E-state index in [0.29, 0.717) is 5.56 Å². The molecule has 0 atom stereocenters. The molecular formula is C23H24N4O. The molecule has 5 heteroatoms. The first kappa shape index (κ1) is 18.3. The Bertz CT molecular complexity index is 906. The van der Waals surface area contributed by atoms with Crippen molar-refractivity contribution in [1.82, 2.24) is 20.2 Å². The normalized spacial score (nSPS) is 15.3. The predicted octanol–water partition coefficient (Wildman–Crippen LogP) is 3.54. The SMILES string of the molecule is O=C(NC1CCN(Cc2ccccc2)CC1)c1cncc(-c2cccnc2)c1. The maximum absolute atomic E-state index is 12.7. The second kappa shape index (κ2) is 8.76. The molecule has 3 heterocycles. The van der Waals surface area contributed by atoms with Gasteiger partial charge < -0.3 is 5.32 Å². The van der Waals surface area contributed by atoms with E-state index in [0.717, 1.165) is 43.6 Å². The third-order valence-corrected chi connectivity index (χ3v) is 5.17. The van der Waals surface area contributed by atoms with Gasteiger partial charge in [0.05, 0.1) is 5.56 Å². The first-order chi connectivity index (χ1) is 13.8. The van der Waals surface area contributed by atoms with E-state index in [9.17, 15) is 4.79 Å². The van der Waals surface area contributed by atoms with Crippen LogP contribution in [0, 0.1) is 0 Å². The van der Waals surface area contributed by atoms with E-state index in [1.165, 1.54) is 5.56 Å². The van der Waals surface area contributed by atoms with Gasteiger partial charge in [0, 0.05) is 61.6 Å². The highest BCUT2D eigenvalue weighted by atomic mass is 16.1. The Kier molecular flexibility index (Phi) is 5.73. The topological polar surface area (TPSA) is 58.1 Å². The van der Waals surface area contributed by atoms with Crippen molar-refractivity contribution in [2.24, 2.45) is 0 Å². The van der Waals surface area contributed by atoms with E-state index in [1.54, 1.807) is 24.8 Å². The number of hydrogen-bond acceptors (Lipinski definition) is 4. The summed E-state index contributed by atoms with van der Waals surface area (Å²) in [6.45, 7) is 2.96. The van der Waals surface area contributed by atoms with Crippen molar-refractivity contribution < 1.29 is 4.79 Å². The van der Waals surface area contributed by atoms with Crippen molar-refractivity contribution in [2.45, 2.75) is 25.4 Å². The number of pyridine rings is 2. The number of amides is 1. The van der Waals surface area contributed by atoms with E-state index in [4.69, 9.17) is 0 Å². The lowest BCUT2D eigenvalue weighted by atomic mass is 10.0. The summed E-state index contributed by atoms with van der Waals surface area (Å²) >= 11 is 0. The van der Waals surface area contributed by atoms with Crippen LogP contribution in [0.5, 0.6) is 0 Å². The summed E-state index contributed by atoms with van der Waals surface area (Å²) in [6, 6.07) is 16.5. The number of carbonyl (C=O) groups is 1. The van der Waals surface area contributed by atoms with E-state index < -0.39 is 0 Å². The molecule has 2 aromatic heterocycles. The van der Waals surface area contributed by atoms with E-state index in [2.05, 4.69) is 44.5 Å². The van der Waals surface area contributed by atoms with Crippen LogP contribution in [-0.2, 0) is 6.54 Å². The van der Waals surface area contributed by atoms with Crippen molar-refractivity contribution in [3.63, 3.8) is 0 Å². The Morgan fingerprint density at radius 1 is 0.964 bits per heavy atom. The second-order valence-electron chi connectivity index (χ2n) is 7.21. The minimum atomic E-state index is -0.0558. The van der Waals surface area contributed by atoms with E-state index in [1.807, 2.05) is 24.3 Å². The van der Waals surface area contributed by atoms with E-state index in [-0.39, 0.29) is 11.9 Å². The number of piperidine rings is 1. The molecule has 0 bridgehead atoms. The molecule has 0 aliphatic carbocycles. The molecule has 1 amide bonds. The maximum atomic E-state index is 12.7. The molecule has 0 unspecified atom stereocenters. The quantitative estimate of drug-likeness (QED) is 0.744. The van der Waals surface area contributed by atoms with Crippen LogP contribution in [0.15, 0.2) is 73.3 Å². The zero-order valence-electron chi connectivity index (χ0n) is 15.8. The van der Waals surface area contributed by atoms with Crippen LogP contribution < -0.4 is 5.32 Å². The number of hydrogen-bond donors (Lipinski definition) is 1. The van der Waals surface area contributed by atoms with Crippen molar-refractivity contribution >= 4 is 5.91 Å². The molecular weight excluding hydrogens is 348 g/mol. The van der Waals surface area contributed by atoms with Gasteiger partial charge in [-0.05, 0) is 30.5 Å². The van der Waals surface area contributed by atoms with Crippen LogP contribution in [-0.4, -0.2) is 39.9 Å². The summed E-state index contributed by atoms with van der Waals surface area (Å²) in [6.07, 6.45) is 8.83. The summed E-state index contributed by atoms with van der Waals surface area (Å²) < 4.78 is 0. The summed E-state index contributed by atoms with van der Waals surface area (Å²) in [5.41, 5.74) is 3.79. The highest BCUT2D eigenvalue weighted by molar-refractivity contribution is 5.95. The van der Waals surface area contributed by atoms with Crippen LogP contribution in [0.25, 0.3) is 11.1 Å². The number of benzene rings is 1. The summed E-state index contributed by atoms with van der Waals surface area (Å²) in [5, 5.41) is 3.18. The molecule has 5 nitrogen and oxygen atoms in total. The van der Waals surface area contributed by atoms with Gasteiger partial charge in [0.25, 0.3) is 5.91 Å². The molecule has 1 saturated heterocycles. The number of nitrogens with one attached hydrogen (secondary N) is 1. The molecule has 1 aliphatic rings. The summed E-state index contributed by atoms with van der Waals surface area (Å²) in [4.78, 5) is 23.5. The van der Waals surface area contributed by atoms with Gasteiger partial charge >= 0.3 is 0 Å². The molecule has 4 rings (SSSR count). The monoisotopic (exact) mass is 372 g/mol. The first-order valence-electron chi connectivity index (χ1n) is 9.70. The molecule has 1 fully saturated rings. The van der Waals surface area contributed by atoms with Gasteiger partial charge in [0.15, 0.2) is 0 Å². The molecule has 1 aliphatic heterocycles. The predicted molar refractivity (Wildman–Crippen MR) is 110 cm³/mol. The molecule has 0 saturated carbocycles. The molecule has 1 aromatic carbocycles. The Morgan fingerprint density at radius 3 is 2.50 bits per heavy atom. The number of rotatable bonds is 5. The number of aromatic nitrogens is 2. The van der Waals surface area contributed by atoms with E-state index >= 15 is 0 Å². The lowest BCUT2D eigenvalue weighted by Crippen LogP contribution is -2.44. The summed E-state index contributed by atoms with van der Waals surface area (Å²) in [5.74, 6) is -0.0558. The van der Waals surface area contributed by atoms with Gasteiger partial charge in [-0.25, -0.2) is 0 Å². The number of likely N-dealkylation sites (tertiary alicyclic amines) is 1. The fourth-order valence-electron chi connectivity index (χ4n) is 3.60. The van der Waals surface area contributed by atoms with Crippen LogP contribution >= 0.6 is 0 Å². The van der Waals surface area contributed by atoms with Crippen LogP contribution in [0.1, 0.15) is 28.8 Å². The van der Waals surface area contributed by atoms with Gasteiger partial charge in [-0.1, -0.05) is 36.4 Å². The fraction of sp³-hybridized carbons (Fsp3) is 0.261. The fourth-order valence-corrected chi connectivity index (χ4v) is 3.60. The molecule has 0 spiro atoms. The molecule has 3 aromatic rings. The van der Waals surface area contributed by atoms with Gasteiger partial charge in [0.2, 0.25) is 0 Å². The maximum Gasteiger partial charge on any atom is 0.253 e. The van der Waals surface area contributed by atoms with Crippen LogP contribution in [0.4, 0.5) is 0 Å². The molecule has 0 radical (unpaired) electrons.